The summed E-state index contributed by atoms with van der Waals surface area (Å²) in [5.74, 6) is 0.657. The Kier molecular flexibility index (Phi) is 4.14. The molecule has 2 heterocycles. The SMILES string of the molecule is CCc1cc(C(=O)NCC2CC2)c2c(C3CC3)nn(-c3ccc(F)cc3)c2n1. The third kappa shape index (κ3) is 3.17. The molecule has 3 aromatic rings. The molecular formula is C22H23FN4O. The molecule has 0 saturated heterocycles. The van der Waals surface area contributed by atoms with Crippen molar-refractivity contribution in [2.24, 2.45) is 5.92 Å². The normalized spacial score (nSPS) is 16.5. The predicted octanol–water partition coefficient (Wildman–Crippen LogP) is 4.14. The van der Waals surface area contributed by atoms with Crippen LogP contribution in [0.5, 0.6) is 0 Å². The third-order valence-corrected chi connectivity index (χ3v) is 5.61. The van der Waals surface area contributed by atoms with Gasteiger partial charge in [-0.25, -0.2) is 14.1 Å². The van der Waals surface area contributed by atoms with Crippen molar-refractivity contribution in [3.05, 3.63) is 53.1 Å². The van der Waals surface area contributed by atoms with Gasteiger partial charge in [-0.05, 0) is 68.4 Å². The lowest BCUT2D eigenvalue weighted by Gasteiger charge is -2.09. The molecule has 0 bridgehead atoms. The van der Waals surface area contributed by atoms with E-state index < -0.39 is 0 Å². The molecule has 0 aliphatic heterocycles. The van der Waals surface area contributed by atoms with Gasteiger partial charge in [0.25, 0.3) is 5.91 Å². The van der Waals surface area contributed by atoms with Gasteiger partial charge in [0.05, 0.1) is 22.3 Å². The first kappa shape index (κ1) is 17.3. The summed E-state index contributed by atoms with van der Waals surface area (Å²) in [4.78, 5) is 17.8. The number of halogens is 1. The lowest BCUT2D eigenvalue weighted by molar-refractivity contribution is 0.0953. The first-order chi connectivity index (χ1) is 13.6. The number of nitrogens with zero attached hydrogens (tertiary/aromatic N) is 3. The van der Waals surface area contributed by atoms with Crippen LogP contribution in [-0.2, 0) is 6.42 Å². The van der Waals surface area contributed by atoms with Gasteiger partial charge >= 0.3 is 0 Å². The van der Waals surface area contributed by atoms with Crippen LogP contribution in [0.3, 0.4) is 0 Å². The highest BCUT2D eigenvalue weighted by Gasteiger charge is 2.32. The number of aromatic nitrogens is 3. The smallest absolute Gasteiger partial charge is 0.252 e. The summed E-state index contributed by atoms with van der Waals surface area (Å²) in [5.41, 5.74) is 3.89. The van der Waals surface area contributed by atoms with E-state index in [2.05, 4.69) is 5.32 Å². The number of hydrogen-bond donors (Lipinski definition) is 1. The van der Waals surface area contributed by atoms with Crippen LogP contribution in [0, 0.1) is 11.7 Å². The van der Waals surface area contributed by atoms with Gasteiger partial charge in [-0.15, -0.1) is 0 Å². The van der Waals surface area contributed by atoms with E-state index in [0.29, 0.717) is 23.0 Å². The van der Waals surface area contributed by atoms with Gasteiger partial charge in [0.1, 0.15) is 5.82 Å². The lowest BCUT2D eigenvalue weighted by atomic mass is 10.1. The van der Waals surface area contributed by atoms with Crippen LogP contribution in [0.4, 0.5) is 4.39 Å². The zero-order valence-corrected chi connectivity index (χ0v) is 15.9. The molecule has 5 nitrogen and oxygen atoms in total. The number of rotatable bonds is 6. The van der Waals surface area contributed by atoms with Crippen molar-refractivity contribution in [3.63, 3.8) is 0 Å². The molecule has 0 unspecified atom stereocenters. The summed E-state index contributed by atoms with van der Waals surface area (Å²) in [6, 6.07) is 8.16. The van der Waals surface area contributed by atoms with E-state index in [1.54, 1.807) is 16.8 Å². The van der Waals surface area contributed by atoms with Gasteiger partial charge in [-0.3, -0.25) is 4.79 Å². The van der Waals surface area contributed by atoms with E-state index in [4.69, 9.17) is 10.1 Å². The second-order valence-corrected chi connectivity index (χ2v) is 7.91. The molecule has 28 heavy (non-hydrogen) atoms. The van der Waals surface area contributed by atoms with Crippen LogP contribution in [0.1, 0.15) is 60.3 Å². The molecule has 6 heteroatoms. The fourth-order valence-electron chi connectivity index (χ4n) is 3.61. The zero-order valence-electron chi connectivity index (χ0n) is 15.9. The van der Waals surface area contributed by atoms with Crippen molar-refractivity contribution in [1.82, 2.24) is 20.1 Å². The van der Waals surface area contributed by atoms with Crippen LogP contribution in [0.2, 0.25) is 0 Å². The average Bonchev–Trinajstić information content (AvgIpc) is 3.64. The van der Waals surface area contributed by atoms with E-state index in [1.807, 2.05) is 13.0 Å². The number of amides is 1. The van der Waals surface area contributed by atoms with Gasteiger partial charge in [-0.1, -0.05) is 6.92 Å². The fourth-order valence-corrected chi connectivity index (χ4v) is 3.61. The molecule has 0 atom stereocenters. The van der Waals surface area contributed by atoms with Gasteiger partial charge < -0.3 is 5.32 Å². The summed E-state index contributed by atoms with van der Waals surface area (Å²) in [5, 5.41) is 8.77. The Morgan fingerprint density at radius 2 is 1.96 bits per heavy atom. The number of hydrogen-bond acceptors (Lipinski definition) is 3. The minimum atomic E-state index is -0.287. The predicted molar refractivity (Wildman–Crippen MR) is 105 cm³/mol. The highest BCUT2D eigenvalue weighted by atomic mass is 19.1. The second-order valence-electron chi connectivity index (χ2n) is 7.91. The molecule has 1 amide bonds. The number of carbonyl (C=O) groups excluding carboxylic acids is 1. The van der Waals surface area contributed by atoms with E-state index >= 15 is 0 Å². The molecular weight excluding hydrogens is 355 g/mol. The Morgan fingerprint density at radius 1 is 1.21 bits per heavy atom. The van der Waals surface area contributed by atoms with Crippen LogP contribution in [-0.4, -0.2) is 27.2 Å². The molecule has 1 aromatic carbocycles. The lowest BCUT2D eigenvalue weighted by Crippen LogP contribution is -2.26. The summed E-state index contributed by atoms with van der Waals surface area (Å²) in [6.07, 6.45) is 5.28. The molecule has 2 aliphatic rings. The highest BCUT2D eigenvalue weighted by molar-refractivity contribution is 6.07. The Balaban J connectivity index is 1.68. The number of pyridine rings is 1. The third-order valence-electron chi connectivity index (χ3n) is 5.61. The molecule has 2 aliphatic carbocycles. The fraction of sp³-hybridized carbons (Fsp3) is 0.409. The first-order valence-electron chi connectivity index (χ1n) is 10.1. The van der Waals surface area contributed by atoms with E-state index in [9.17, 15) is 9.18 Å². The topological polar surface area (TPSA) is 59.8 Å². The van der Waals surface area contributed by atoms with Crippen molar-refractivity contribution < 1.29 is 9.18 Å². The average molecular weight is 378 g/mol. The number of benzene rings is 1. The molecule has 0 radical (unpaired) electrons. The van der Waals surface area contributed by atoms with Gasteiger partial charge in [0.2, 0.25) is 0 Å². The minimum absolute atomic E-state index is 0.0467. The number of fused-ring (bicyclic) bond motifs is 1. The van der Waals surface area contributed by atoms with Crippen molar-refractivity contribution >= 4 is 16.9 Å². The highest BCUT2D eigenvalue weighted by Crippen LogP contribution is 2.43. The van der Waals surface area contributed by atoms with Crippen molar-refractivity contribution in [2.45, 2.75) is 44.9 Å². The van der Waals surface area contributed by atoms with Crippen LogP contribution in [0.25, 0.3) is 16.7 Å². The van der Waals surface area contributed by atoms with E-state index in [0.717, 1.165) is 48.3 Å². The Bertz CT molecular complexity index is 1050. The van der Waals surface area contributed by atoms with Crippen LogP contribution >= 0.6 is 0 Å². The second kappa shape index (κ2) is 6.69. The summed E-state index contributed by atoms with van der Waals surface area (Å²) < 4.78 is 15.2. The number of carbonyl (C=O) groups is 1. The quantitative estimate of drug-likeness (QED) is 0.701. The molecule has 2 saturated carbocycles. The summed E-state index contributed by atoms with van der Waals surface area (Å²) in [7, 11) is 0. The van der Waals surface area contributed by atoms with Gasteiger partial charge in [-0.2, -0.15) is 5.10 Å². The molecule has 144 valence electrons. The largest absolute Gasteiger partial charge is 0.352 e. The van der Waals surface area contributed by atoms with Gasteiger partial charge in [0.15, 0.2) is 5.65 Å². The zero-order chi connectivity index (χ0) is 19.3. The van der Waals surface area contributed by atoms with Crippen molar-refractivity contribution in [1.29, 1.82) is 0 Å². The van der Waals surface area contributed by atoms with Gasteiger partial charge in [0, 0.05) is 18.2 Å². The molecule has 2 fully saturated rings. The minimum Gasteiger partial charge on any atom is -0.352 e. The monoisotopic (exact) mass is 378 g/mol. The Hall–Kier alpha value is -2.76. The first-order valence-corrected chi connectivity index (χ1v) is 10.1. The Labute approximate surface area is 163 Å². The van der Waals surface area contributed by atoms with E-state index in [1.165, 1.54) is 25.0 Å². The van der Waals surface area contributed by atoms with Crippen molar-refractivity contribution in [3.8, 4) is 5.69 Å². The maximum Gasteiger partial charge on any atom is 0.252 e. The number of aryl methyl sites for hydroxylation is 1. The molecule has 2 aromatic heterocycles. The molecule has 5 rings (SSSR count). The summed E-state index contributed by atoms with van der Waals surface area (Å²) in [6.45, 7) is 2.76. The van der Waals surface area contributed by atoms with Crippen molar-refractivity contribution in [2.75, 3.05) is 6.54 Å². The molecule has 0 spiro atoms. The Morgan fingerprint density at radius 3 is 2.61 bits per heavy atom. The maximum atomic E-state index is 13.4. The standard InChI is InChI=1S/C22H23FN4O/c1-2-16-11-18(22(28)24-12-13-3-4-13)19-20(14-5-6-14)26-27(21(19)25-16)17-9-7-15(23)8-10-17/h7-11,13-14H,2-6,12H2,1H3,(H,24,28). The van der Waals surface area contributed by atoms with Crippen LogP contribution < -0.4 is 5.32 Å². The number of nitrogens with one attached hydrogen (secondary N) is 1. The summed E-state index contributed by atoms with van der Waals surface area (Å²) >= 11 is 0. The maximum absolute atomic E-state index is 13.4. The van der Waals surface area contributed by atoms with Crippen LogP contribution in [0.15, 0.2) is 30.3 Å². The molecule has 1 N–H and O–H groups in total. The van der Waals surface area contributed by atoms with E-state index in [-0.39, 0.29) is 11.7 Å².